The lowest BCUT2D eigenvalue weighted by Gasteiger charge is -2.25. The van der Waals surface area contributed by atoms with Crippen LogP contribution in [0.3, 0.4) is 0 Å². The lowest BCUT2D eigenvalue weighted by Crippen LogP contribution is -2.36. The maximum absolute atomic E-state index is 14.6. The second kappa shape index (κ2) is 11.3. The molecule has 44 heavy (non-hydrogen) atoms. The molecule has 2 heterocycles. The molecule has 18 heteroatoms. The molecule has 1 saturated heterocycles. The molecule has 3 N–H and O–H groups in total. The molecule has 0 aromatic heterocycles. The van der Waals surface area contributed by atoms with Crippen LogP contribution in [0.15, 0.2) is 47.4 Å². The van der Waals surface area contributed by atoms with Gasteiger partial charge in [0.1, 0.15) is 17.3 Å². The smallest absolute Gasteiger partial charge is 0.406 e. The van der Waals surface area contributed by atoms with E-state index in [9.17, 15) is 44.3 Å². The highest BCUT2D eigenvalue weighted by Gasteiger charge is 2.38. The first-order chi connectivity index (χ1) is 20.5. The molecule has 234 valence electrons. The summed E-state index contributed by atoms with van der Waals surface area (Å²) in [6.07, 6.45) is -5.07. The molecule has 0 spiro atoms. The molecule has 10 nitrogen and oxygen atoms in total. The number of sulfonamides is 1. The number of amides is 4. The minimum absolute atomic E-state index is 0.0520. The molecule has 3 aromatic rings. The third kappa shape index (κ3) is 6.14. The van der Waals surface area contributed by atoms with Crippen LogP contribution in [-0.2, 0) is 10.0 Å². The molecule has 1 fully saturated rings. The van der Waals surface area contributed by atoms with Gasteiger partial charge >= 0.3 is 18.4 Å². The molecule has 2 aliphatic heterocycles. The summed E-state index contributed by atoms with van der Waals surface area (Å²) in [6.45, 7) is 1.77. The lowest BCUT2D eigenvalue weighted by atomic mass is 10.0. The van der Waals surface area contributed by atoms with E-state index >= 15 is 0 Å². The highest BCUT2D eigenvalue weighted by Crippen LogP contribution is 2.46. The fourth-order valence-corrected chi connectivity index (χ4v) is 6.13. The number of benzene rings is 3. The van der Waals surface area contributed by atoms with Gasteiger partial charge in [-0.2, -0.15) is 0 Å². The fourth-order valence-electron chi connectivity index (χ4n) is 4.80. The third-order valence-corrected chi connectivity index (χ3v) is 8.26. The van der Waals surface area contributed by atoms with Crippen molar-refractivity contribution in [1.82, 2.24) is 5.32 Å². The van der Waals surface area contributed by atoms with Crippen LogP contribution in [0, 0.1) is 17.5 Å². The Hall–Kier alpha value is -4.38. The quantitative estimate of drug-likeness (QED) is 0.274. The van der Waals surface area contributed by atoms with Gasteiger partial charge in [-0.3, -0.25) is 14.5 Å². The van der Waals surface area contributed by atoms with Crippen molar-refractivity contribution in [2.24, 2.45) is 0 Å². The van der Waals surface area contributed by atoms with Crippen LogP contribution in [0.2, 0.25) is 5.02 Å². The average Bonchev–Trinajstić information content (AvgIpc) is 3.49. The van der Waals surface area contributed by atoms with Gasteiger partial charge in [-0.25, -0.2) is 31.2 Å². The number of halogens is 7. The van der Waals surface area contributed by atoms with E-state index in [-0.39, 0.29) is 41.6 Å². The Kier molecular flexibility index (Phi) is 7.96. The predicted octanol–water partition coefficient (Wildman–Crippen LogP) is 6.14. The Bertz CT molecular complexity index is 1770. The standard InChI is InChI=1S/C26H20ClF6N5O5S/c1-12-11-38(25(40)35-20-3-2-14(8-17(20)28)43-26(31,32)33)23-16(12)9-15(10-21(23)37-5-4-34-24(37)39)44(41,42)36-22-18(29)6-13(27)7-19(22)30/h2-3,6-10,12,36H,4-5,11H2,1H3,(H,34,39)(H,35,40). The van der Waals surface area contributed by atoms with Crippen LogP contribution in [0.4, 0.5) is 58.7 Å². The van der Waals surface area contributed by atoms with E-state index in [0.29, 0.717) is 18.2 Å². The number of ether oxygens (including phenoxy) is 1. The van der Waals surface area contributed by atoms with E-state index in [1.54, 1.807) is 6.92 Å². The normalized spacial score (nSPS) is 16.5. The Balaban J connectivity index is 1.52. The number of nitrogens with zero attached hydrogens (tertiary/aromatic N) is 2. The number of carbonyl (C=O) groups is 2. The Labute approximate surface area is 250 Å². The highest BCUT2D eigenvalue weighted by atomic mass is 35.5. The number of rotatable bonds is 6. The van der Waals surface area contributed by atoms with Crippen LogP contribution in [-0.4, -0.2) is 46.5 Å². The van der Waals surface area contributed by atoms with Gasteiger partial charge in [0.25, 0.3) is 10.0 Å². The molecular formula is C26H20ClF6N5O5S. The summed E-state index contributed by atoms with van der Waals surface area (Å²) in [5, 5.41) is 4.50. The number of anilines is 4. The van der Waals surface area contributed by atoms with Gasteiger partial charge in [0, 0.05) is 36.6 Å². The molecule has 2 aliphatic rings. The lowest BCUT2D eigenvalue weighted by molar-refractivity contribution is -0.274. The molecule has 1 unspecified atom stereocenters. The molecule has 5 rings (SSSR count). The van der Waals surface area contributed by atoms with Gasteiger partial charge in [-0.05, 0) is 42.0 Å². The largest absolute Gasteiger partial charge is 0.573 e. The summed E-state index contributed by atoms with van der Waals surface area (Å²) in [4.78, 5) is 27.8. The SMILES string of the molecule is CC1CN(C(=O)Nc2ccc(OC(F)(F)F)cc2F)c2c1cc(S(=O)(=O)Nc1c(F)cc(Cl)cc1F)cc2N1CCNC1=O. The van der Waals surface area contributed by atoms with Crippen LogP contribution in [0.25, 0.3) is 0 Å². The minimum Gasteiger partial charge on any atom is -0.406 e. The average molecular weight is 664 g/mol. The van der Waals surface area contributed by atoms with Crippen molar-refractivity contribution < 1.29 is 49.1 Å². The summed E-state index contributed by atoms with van der Waals surface area (Å²) < 4.78 is 113. The van der Waals surface area contributed by atoms with E-state index in [2.05, 4.69) is 15.4 Å². The first-order valence-corrected chi connectivity index (χ1v) is 14.4. The van der Waals surface area contributed by atoms with Gasteiger partial charge in [-0.1, -0.05) is 18.5 Å². The van der Waals surface area contributed by atoms with Crippen molar-refractivity contribution in [2.75, 3.05) is 39.5 Å². The van der Waals surface area contributed by atoms with E-state index in [1.807, 2.05) is 4.72 Å². The number of alkyl halides is 3. The number of carbonyl (C=O) groups excluding carboxylic acids is 2. The van der Waals surface area contributed by atoms with Crippen molar-refractivity contribution in [1.29, 1.82) is 0 Å². The van der Waals surface area contributed by atoms with Crippen molar-refractivity contribution in [3.63, 3.8) is 0 Å². The van der Waals surface area contributed by atoms with Gasteiger partial charge in [0.15, 0.2) is 11.6 Å². The van der Waals surface area contributed by atoms with Gasteiger partial charge < -0.3 is 15.4 Å². The molecule has 0 radical (unpaired) electrons. The Morgan fingerprint density at radius 2 is 1.75 bits per heavy atom. The second-order valence-corrected chi connectivity index (χ2v) is 11.9. The summed E-state index contributed by atoms with van der Waals surface area (Å²) in [5.41, 5.74) is -1.18. The zero-order valence-electron chi connectivity index (χ0n) is 22.2. The maximum Gasteiger partial charge on any atom is 0.573 e. The van der Waals surface area contributed by atoms with E-state index in [1.165, 1.54) is 6.07 Å². The second-order valence-electron chi connectivity index (χ2n) is 9.74. The number of hydrogen-bond acceptors (Lipinski definition) is 5. The molecule has 0 saturated carbocycles. The number of urea groups is 2. The summed E-state index contributed by atoms with van der Waals surface area (Å²) in [6, 6.07) is 4.15. The third-order valence-electron chi connectivity index (χ3n) is 6.71. The maximum atomic E-state index is 14.6. The van der Waals surface area contributed by atoms with Crippen LogP contribution in [0.1, 0.15) is 18.4 Å². The van der Waals surface area contributed by atoms with Crippen LogP contribution in [0.5, 0.6) is 5.75 Å². The summed E-state index contributed by atoms with van der Waals surface area (Å²) >= 11 is 5.62. The molecule has 0 aliphatic carbocycles. The predicted molar refractivity (Wildman–Crippen MR) is 147 cm³/mol. The zero-order chi connectivity index (χ0) is 32.1. The van der Waals surface area contributed by atoms with Crippen molar-refractivity contribution in [2.45, 2.75) is 24.1 Å². The molecule has 4 amide bonds. The van der Waals surface area contributed by atoms with E-state index < -0.39 is 73.8 Å². The van der Waals surface area contributed by atoms with Crippen molar-refractivity contribution in [3.8, 4) is 5.75 Å². The summed E-state index contributed by atoms with van der Waals surface area (Å²) in [7, 11) is -4.69. The van der Waals surface area contributed by atoms with Crippen LogP contribution < -0.4 is 29.9 Å². The first-order valence-electron chi connectivity index (χ1n) is 12.6. The molecule has 3 aromatic carbocycles. The van der Waals surface area contributed by atoms with Crippen molar-refractivity contribution >= 4 is 56.4 Å². The van der Waals surface area contributed by atoms with Gasteiger partial charge in [0.2, 0.25) is 0 Å². The van der Waals surface area contributed by atoms with E-state index in [4.69, 9.17) is 11.6 Å². The molecule has 1 atom stereocenters. The fraction of sp³-hybridized carbons (Fsp3) is 0.231. The number of fused-ring (bicyclic) bond motifs is 1. The highest BCUT2D eigenvalue weighted by molar-refractivity contribution is 7.92. The summed E-state index contributed by atoms with van der Waals surface area (Å²) in [5.74, 6) is -5.20. The van der Waals surface area contributed by atoms with Gasteiger partial charge in [0.05, 0.1) is 22.0 Å². The topological polar surface area (TPSA) is 120 Å². The molecular weight excluding hydrogens is 644 g/mol. The molecule has 0 bridgehead atoms. The Morgan fingerprint density at radius 1 is 1.07 bits per heavy atom. The monoisotopic (exact) mass is 663 g/mol. The van der Waals surface area contributed by atoms with E-state index in [0.717, 1.165) is 28.0 Å². The minimum atomic E-state index is -5.07. The number of hydrogen-bond donors (Lipinski definition) is 3. The zero-order valence-corrected chi connectivity index (χ0v) is 23.8. The Morgan fingerprint density at radius 3 is 2.34 bits per heavy atom. The number of nitrogens with one attached hydrogen (secondary N) is 3. The van der Waals surface area contributed by atoms with Crippen molar-refractivity contribution in [3.05, 3.63) is 70.5 Å². The van der Waals surface area contributed by atoms with Gasteiger partial charge in [-0.15, -0.1) is 13.2 Å². The first kappa shape index (κ1) is 31.1. The van der Waals surface area contributed by atoms with Crippen LogP contribution >= 0.6 is 11.6 Å².